The Morgan fingerprint density at radius 1 is 1.18 bits per heavy atom. The van der Waals surface area contributed by atoms with Gasteiger partial charge in [0.25, 0.3) is 5.69 Å². The van der Waals surface area contributed by atoms with Crippen LogP contribution in [-0.2, 0) is 16.1 Å². The van der Waals surface area contributed by atoms with Crippen molar-refractivity contribution in [1.82, 2.24) is 5.32 Å². The van der Waals surface area contributed by atoms with Gasteiger partial charge in [-0.1, -0.05) is 42.2 Å². The highest BCUT2D eigenvalue weighted by Gasteiger charge is 2.14. The maximum absolute atomic E-state index is 11.6. The number of benzene rings is 2. The van der Waals surface area contributed by atoms with Gasteiger partial charge in [0.1, 0.15) is 6.61 Å². The number of amides is 1. The maximum Gasteiger partial charge on any atom is 0.407 e. The normalized spacial score (nSPS) is 9.61. The molecule has 0 bridgehead atoms. The number of alkyl carbamates (subject to hydrolysis) is 1. The molecule has 8 nitrogen and oxygen atoms in total. The molecule has 144 valence electrons. The number of nitro groups is 1. The molecule has 2 aromatic carbocycles. The van der Waals surface area contributed by atoms with Crippen molar-refractivity contribution in [2.24, 2.45) is 0 Å². The van der Waals surface area contributed by atoms with Gasteiger partial charge < -0.3 is 14.8 Å². The van der Waals surface area contributed by atoms with E-state index >= 15 is 0 Å². The van der Waals surface area contributed by atoms with Crippen LogP contribution in [0.2, 0.25) is 0 Å². The SMILES string of the molecule is COC(=O)c1cc(C#CCCNC(=O)OCc2ccccc2)cc([N+](=O)[O-])c1. The predicted molar refractivity (Wildman–Crippen MR) is 101 cm³/mol. The monoisotopic (exact) mass is 382 g/mol. The highest BCUT2D eigenvalue weighted by atomic mass is 16.6. The summed E-state index contributed by atoms with van der Waals surface area (Å²) in [5.74, 6) is 4.84. The van der Waals surface area contributed by atoms with E-state index in [9.17, 15) is 19.7 Å². The summed E-state index contributed by atoms with van der Waals surface area (Å²) in [5, 5.41) is 13.5. The molecule has 0 saturated carbocycles. The number of rotatable bonds is 6. The molecule has 28 heavy (non-hydrogen) atoms. The standard InChI is InChI=1S/C20H18N2O6/c1-27-19(23)17-11-16(12-18(13-17)22(25)26)9-5-6-10-21-20(24)28-14-15-7-3-2-4-8-15/h2-4,7-8,11-13H,6,10,14H2,1H3,(H,21,24). The summed E-state index contributed by atoms with van der Waals surface area (Å²) < 4.78 is 9.64. The lowest BCUT2D eigenvalue weighted by Crippen LogP contribution is -2.24. The molecular weight excluding hydrogens is 364 g/mol. The number of hydrogen-bond donors (Lipinski definition) is 1. The molecule has 0 aromatic heterocycles. The van der Waals surface area contributed by atoms with Gasteiger partial charge in [0.05, 0.1) is 17.6 Å². The molecule has 0 aliphatic heterocycles. The second kappa shape index (κ2) is 10.3. The van der Waals surface area contributed by atoms with E-state index in [1.54, 1.807) is 0 Å². The van der Waals surface area contributed by atoms with E-state index in [-0.39, 0.29) is 24.4 Å². The zero-order valence-electron chi connectivity index (χ0n) is 15.1. The number of nitrogens with one attached hydrogen (secondary N) is 1. The molecule has 0 atom stereocenters. The minimum Gasteiger partial charge on any atom is -0.465 e. The number of esters is 1. The topological polar surface area (TPSA) is 108 Å². The smallest absolute Gasteiger partial charge is 0.407 e. The fraction of sp³-hybridized carbons (Fsp3) is 0.200. The molecule has 0 spiro atoms. The summed E-state index contributed by atoms with van der Waals surface area (Å²) in [7, 11) is 1.19. The van der Waals surface area contributed by atoms with Gasteiger partial charge in [-0.3, -0.25) is 10.1 Å². The van der Waals surface area contributed by atoms with Gasteiger partial charge >= 0.3 is 12.1 Å². The second-order valence-corrected chi connectivity index (χ2v) is 5.56. The third kappa shape index (κ3) is 6.46. The maximum atomic E-state index is 11.6. The quantitative estimate of drug-likeness (QED) is 0.270. The Labute approximate surface area is 161 Å². The number of nitrogens with zero attached hydrogens (tertiary/aromatic N) is 1. The summed E-state index contributed by atoms with van der Waals surface area (Å²) in [4.78, 5) is 33.6. The van der Waals surface area contributed by atoms with Gasteiger partial charge in [-0.25, -0.2) is 9.59 Å². The lowest BCUT2D eigenvalue weighted by atomic mass is 10.1. The van der Waals surface area contributed by atoms with E-state index in [2.05, 4.69) is 21.9 Å². The van der Waals surface area contributed by atoms with Crippen LogP contribution in [-0.4, -0.2) is 30.6 Å². The summed E-state index contributed by atoms with van der Waals surface area (Å²) in [6, 6.07) is 13.1. The first-order chi connectivity index (χ1) is 13.5. The zero-order valence-corrected chi connectivity index (χ0v) is 15.1. The Morgan fingerprint density at radius 3 is 2.61 bits per heavy atom. The molecular formula is C20H18N2O6. The molecule has 2 aromatic rings. The number of non-ortho nitro benzene ring substituents is 1. The van der Waals surface area contributed by atoms with Crippen LogP contribution in [0.4, 0.5) is 10.5 Å². The van der Waals surface area contributed by atoms with E-state index in [0.717, 1.165) is 11.6 Å². The first kappa shape index (κ1) is 20.5. The molecule has 0 aliphatic carbocycles. The minimum atomic E-state index is -0.686. The summed E-state index contributed by atoms with van der Waals surface area (Å²) in [6.45, 7) is 0.418. The molecule has 2 rings (SSSR count). The summed E-state index contributed by atoms with van der Waals surface area (Å²) >= 11 is 0. The number of methoxy groups -OCH3 is 1. The minimum absolute atomic E-state index is 0.0450. The van der Waals surface area contributed by atoms with Crippen LogP contribution < -0.4 is 5.32 Å². The Bertz CT molecular complexity index is 915. The molecule has 1 N–H and O–H groups in total. The van der Waals surface area contributed by atoms with E-state index in [1.165, 1.54) is 19.2 Å². The molecule has 0 unspecified atom stereocenters. The van der Waals surface area contributed by atoms with Gasteiger partial charge in [-0.2, -0.15) is 0 Å². The van der Waals surface area contributed by atoms with Crippen molar-refractivity contribution in [2.45, 2.75) is 13.0 Å². The van der Waals surface area contributed by atoms with Gasteiger partial charge in [0.15, 0.2) is 0 Å². The van der Waals surface area contributed by atoms with Crippen LogP contribution in [0.3, 0.4) is 0 Å². The Balaban J connectivity index is 1.86. The van der Waals surface area contributed by atoms with Crippen molar-refractivity contribution in [3.05, 3.63) is 75.3 Å². The zero-order chi connectivity index (χ0) is 20.4. The first-order valence-corrected chi connectivity index (χ1v) is 8.31. The average molecular weight is 382 g/mol. The van der Waals surface area contributed by atoms with Gasteiger partial charge in [-0.15, -0.1) is 0 Å². The first-order valence-electron chi connectivity index (χ1n) is 8.31. The summed E-state index contributed by atoms with van der Waals surface area (Å²) in [6.07, 6.45) is -0.259. The highest BCUT2D eigenvalue weighted by Crippen LogP contribution is 2.17. The number of nitro benzene ring substituents is 1. The second-order valence-electron chi connectivity index (χ2n) is 5.56. The predicted octanol–water partition coefficient (Wildman–Crippen LogP) is 3.05. The lowest BCUT2D eigenvalue weighted by Gasteiger charge is -2.05. The van der Waals surface area contributed by atoms with Crippen molar-refractivity contribution < 1.29 is 24.0 Å². The number of hydrogen-bond acceptors (Lipinski definition) is 6. The summed E-state index contributed by atoms with van der Waals surface area (Å²) in [5.41, 5.74) is 0.976. The third-order valence-corrected chi connectivity index (χ3v) is 3.51. The van der Waals surface area contributed by atoms with Crippen LogP contribution in [0.15, 0.2) is 48.5 Å². The van der Waals surface area contributed by atoms with Crippen LogP contribution in [0.25, 0.3) is 0 Å². The van der Waals surface area contributed by atoms with Crippen LogP contribution in [0.1, 0.15) is 27.9 Å². The van der Waals surface area contributed by atoms with E-state index < -0.39 is 17.0 Å². The molecule has 0 fully saturated rings. The molecule has 8 heteroatoms. The van der Waals surface area contributed by atoms with E-state index in [1.807, 2.05) is 30.3 Å². The lowest BCUT2D eigenvalue weighted by molar-refractivity contribution is -0.384. The van der Waals surface area contributed by atoms with Crippen LogP contribution in [0, 0.1) is 22.0 Å². The Morgan fingerprint density at radius 2 is 1.93 bits per heavy atom. The van der Waals surface area contributed by atoms with Crippen molar-refractivity contribution in [3.63, 3.8) is 0 Å². The van der Waals surface area contributed by atoms with Crippen molar-refractivity contribution in [3.8, 4) is 11.8 Å². The van der Waals surface area contributed by atoms with Crippen LogP contribution in [0.5, 0.6) is 0 Å². The number of ether oxygens (including phenoxy) is 2. The average Bonchev–Trinajstić information content (AvgIpc) is 2.71. The van der Waals surface area contributed by atoms with Crippen molar-refractivity contribution in [2.75, 3.05) is 13.7 Å². The number of carbonyl (C=O) groups excluding carboxylic acids is 2. The van der Waals surface area contributed by atoms with E-state index in [0.29, 0.717) is 12.0 Å². The molecule has 1 amide bonds. The Kier molecular flexibility index (Phi) is 7.54. The van der Waals surface area contributed by atoms with Gasteiger partial charge in [-0.05, 0) is 11.6 Å². The largest absolute Gasteiger partial charge is 0.465 e. The van der Waals surface area contributed by atoms with Crippen molar-refractivity contribution >= 4 is 17.7 Å². The Hall–Kier alpha value is -3.86. The molecule has 0 aliphatic rings. The van der Waals surface area contributed by atoms with Crippen LogP contribution >= 0.6 is 0 Å². The molecule has 0 radical (unpaired) electrons. The number of carbonyl (C=O) groups is 2. The van der Waals surface area contributed by atoms with Gasteiger partial charge in [0, 0.05) is 30.7 Å². The fourth-order valence-electron chi connectivity index (χ4n) is 2.19. The van der Waals surface area contributed by atoms with E-state index in [4.69, 9.17) is 4.74 Å². The van der Waals surface area contributed by atoms with Crippen molar-refractivity contribution in [1.29, 1.82) is 0 Å². The highest BCUT2D eigenvalue weighted by molar-refractivity contribution is 5.90. The van der Waals surface area contributed by atoms with Gasteiger partial charge in [0.2, 0.25) is 0 Å². The third-order valence-electron chi connectivity index (χ3n) is 3.51. The molecule has 0 saturated heterocycles. The fourth-order valence-corrected chi connectivity index (χ4v) is 2.19. The molecule has 0 heterocycles.